The average molecular weight is 596 g/mol. The molecule has 0 bridgehead atoms. The summed E-state index contributed by atoms with van der Waals surface area (Å²) >= 11 is 3.22. The normalized spacial score (nSPS) is 23.2. The number of halogens is 3. The maximum atomic E-state index is 13.8. The van der Waals surface area contributed by atoms with E-state index in [0.29, 0.717) is 46.0 Å². The third-order valence-corrected chi connectivity index (χ3v) is 10.6. The molecule has 6 rings (SSSR count). The van der Waals surface area contributed by atoms with Crippen LogP contribution in [0.5, 0.6) is 0 Å². The number of rotatable bonds is 4. The molecule has 2 saturated heterocycles. The summed E-state index contributed by atoms with van der Waals surface area (Å²) in [5.74, 6) is -3.50. The van der Waals surface area contributed by atoms with Crippen molar-refractivity contribution in [3.8, 4) is 0 Å². The van der Waals surface area contributed by atoms with Gasteiger partial charge in [0.15, 0.2) is 0 Å². The minimum Gasteiger partial charge on any atom is -0.378 e. The van der Waals surface area contributed by atoms with Crippen molar-refractivity contribution in [1.82, 2.24) is 9.47 Å². The summed E-state index contributed by atoms with van der Waals surface area (Å²) in [5, 5.41) is 1.14. The van der Waals surface area contributed by atoms with E-state index in [-0.39, 0.29) is 12.5 Å². The Hall–Kier alpha value is -2.94. The highest BCUT2D eigenvalue weighted by Gasteiger charge is 2.58. The number of ether oxygens (including phenoxy) is 1. The van der Waals surface area contributed by atoms with Gasteiger partial charge in [0.25, 0.3) is 0 Å². The number of carbonyl (C=O) groups is 3. The fourth-order valence-corrected chi connectivity index (χ4v) is 8.95. The Morgan fingerprint density at radius 3 is 2.46 bits per heavy atom. The number of morpholine rings is 1. The van der Waals surface area contributed by atoms with Crippen LogP contribution in [-0.2, 0) is 31.8 Å². The molecule has 8 nitrogen and oxygen atoms in total. The van der Waals surface area contributed by atoms with Gasteiger partial charge in [0.05, 0.1) is 35.4 Å². The first kappa shape index (κ1) is 26.3. The smallest absolute Gasteiger partial charge is 0.378 e. The number of hydrogen-bond donors (Lipinski definition) is 0. The first-order chi connectivity index (χ1) is 18.7. The Kier molecular flexibility index (Phi) is 6.68. The topological polar surface area (TPSA) is 88.9 Å². The number of para-hydroxylation sites is 1. The van der Waals surface area contributed by atoms with E-state index in [2.05, 4.69) is 0 Å². The zero-order chi connectivity index (χ0) is 27.5. The van der Waals surface area contributed by atoms with Crippen molar-refractivity contribution < 1.29 is 32.3 Å². The summed E-state index contributed by atoms with van der Waals surface area (Å²) in [6.07, 6.45) is -4.77. The van der Waals surface area contributed by atoms with Gasteiger partial charge in [-0.1, -0.05) is 41.3 Å². The number of benzene rings is 1. The molecule has 3 aromatic rings. The van der Waals surface area contributed by atoms with Crippen molar-refractivity contribution in [2.75, 3.05) is 31.2 Å². The number of nitrogens with zero attached hydrogens (tertiary/aromatic N) is 3. The molecule has 0 aliphatic carbocycles. The summed E-state index contributed by atoms with van der Waals surface area (Å²) in [7, 11) is 0. The van der Waals surface area contributed by atoms with Gasteiger partial charge in [-0.25, -0.2) is 4.90 Å². The predicted molar refractivity (Wildman–Crippen MR) is 139 cm³/mol. The van der Waals surface area contributed by atoms with Crippen molar-refractivity contribution in [3.05, 3.63) is 66.8 Å². The number of anilines is 1. The lowest BCUT2D eigenvalue weighted by molar-refractivity contribution is -0.137. The minimum atomic E-state index is -4.77. The second kappa shape index (κ2) is 9.91. The van der Waals surface area contributed by atoms with E-state index in [1.165, 1.54) is 28.0 Å². The van der Waals surface area contributed by atoms with Crippen LogP contribution in [0.4, 0.5) is 18.9 Å². The van der Waals surface area contributed by atoms with Crippen molar-refractivity contribution in [1.29, 1.82) is 0 Å². The lowest BCUT2D eigenvalue weighted by Gasteiger charge is -2.30. The summed E-state index contributed by atoms with van der Waals surface area (Å²) in [5.41, 5.74) is -1.59. The van der Waals surface area contributed by atoms with Crippen LogP contribution in [-0.4, -0.2) is 58.7 Å². The van der Waals surface area contributed by atoms with Crippen molar-refractivity contribution in [3.63, 3.8) is 0 Å². The fraction of sp³-hybridized carbons (Fsp3) is 0.360. The highest BCUT2D eigenvalue weighted by molar-refractivity contribution is 8.00. The van der Waals surface area contributed by atoms with Crippen LogP contribution < -0.4 is 9.77 Å². The molecule has 3 aliphatic rings. The van der Waals surface area contributed by atoms with Crippen LogP contribution in [0.15, 0.2) is 51.6 Å². The van der Waals surface area contributed by atoms with E-state index in [9.17, 15) is 32.3 Å². The number of amides is 3. The number of thiophene rings is 1. The lowest BCUT2D eigenvalue weighted by Crippen LogP contribution is -2.43. The predicted octanol–water partition coefficient (Wildman–Crippen LogP) is 3.64. The number of hydrogen-bond acceptors (Lipinski definition) is 8. The van der Waals surface area contributed by atoms with E-state index < -0.39 is 51.2 Å². The fourth-order valence-electron chi connectivity index (χ4n) is 5.22. The first-order valence-electron chi connectivity index (χ1n) is 12.0. The molecule has 2 unspecified atom stereocenters. The molecule has 14 heteroatoms. The SMILES string of the molecule is O=C(Cn1c2c(sc1=O)[C@H](c1cccs1)C1C(=O)N(c3ccccc3C(F)(F)F)C(=O)C1S2)N1CCOCC1. The highest BCUT2D eigenvalue weighted by atomic mass is 32.2. The van der Waals surface area contributed by atoms with Gasteiger partial charge in [-0.2, -0.15) is 13.2 Å². The number of alkyl halides is 3. The Morgan fingerprint density at radius 1 is 1.03 bits per heavy atom. The molecule has 3 amide bonds. The van der Waals surface area contributed by atoms with E-state index >= 15 is 0 Å². The van der Waals surface area contributed by atoms with Crippen LogP contribution >= 0.6 is 34.4 Å². The van der Waals surface area contributed by atoms with Gasteiger partial charge >= 0.3 is 11.0 Å². The lowest BCUT2D eigenvalue weighted by atomic mass is 9.87. The molecule has 2 aromatic heterocycles. The largest absolute Gasteiger partial charge is 0.418 e. The van der Waals surface area contributed by atoms with Crippen molar-refractivity contribution >= 4 is 57.8 Å². The van der Waals surface area contributed by atoms with Crippen LogP contribution in [0.3, 0.4) is 0 Å². The minimum absolute atomic E-state index is 0.241. The second-order valence-electron chi connectivity index (χ2n) is 9.20. The Labute approximate surface area is 232 Å². The first-order valence-corrected chi connectivity index (χ1v) is 14.6. The molecule has 204 valence electrons. The second-order valence-corrected chi connectivity index (χ2v) is 12.3. The third kappa shape index (κ3) is 4.42. The molecule has 39 heavy (non-hydrogen) atoms. The number of fused-ring (bicyclic) bond motifs is 2. The molecular formula is C25H20F3N3O5S3. The Morgan fingerprint density at radius 2 is 1.77 bits per heavy atom. The van der Waals surface area contributed by atoms with Gasteiger partial charge in [0.1, 0.15) is 11.8 Å². The van der Waals surface area contributed by atoms with E-state index in [1.807, 2.05) is 0 Å². The molecule has 3 atom stereocenters. The third-order valence-electron chi connectivity index (χ3n) is 7.01. The van der Waals surface area contributed by atoms with Crippen molar-refractivity contribution in [2.24, 2.45) is 5.92 Å². The van der Waals surface area contributed by atoms with Gasteiger partial charge in [0.2, 0.25) is 17.7 Å². The maximum absolute atomic E-state index is 13.8. The van der Waals surface area contributed by atoms with Crippen LogP contribution in [0.1, 0.15) is 21.2 Å². The van der Waals surface area contributed by atoms with Crippen LogP contribution in [0.2, 0.25) is 0 Å². The van der Waals surface area contributed by atoms with Gasteiger partial charge in [-0.15, -0.1) is 11.3 Å². The summed E-state index contributed by atoms with van der Waals surface area (Å²) in [6.45, 7) is 1.35. The number of carbonyl (C=O) groups excluding carboxylic acids is 3. The van der Waals surface area contributed by atoms with Crippen molar-refractivity contribution in [2.45, 2.75) is 28.9 Å². The molecule has 1 aromatic carbocycles. The molecule has 0 saturated carbocycles. The molecule has 3 aliphatic heterocycles. The van der Waals surface area contributed by atoms with Crippen LogP contribution in [0, 0.1) is 5.92 Å². The zero-order valence-corrected chi connectivity index (χ0v) is 22.5. The summed E-state index contributed by atoms with van der Waals surface area (Å²) in [6, 6.07) is 8.07. The summed E-state index contributed by atoms with van der Waals surface area (Å²) < 4.78 is 48.1. The molecule has 0 radical (unpaired) electrons. The Bertz CT molecular complexity index is 1510. The molecule has 0 spiro atoms. The molecular weight excluding hydrogens is 575 g/mol. The van der Waals surface area contributed by atoms with Gasteiger partial charge < -0.3 is 9.64 Å². The Balaban J connectivity index is 1.43. The number of thiazole rings is 1. The van der Waals surface area contributed by atoms with E-state index in [4.69, 9.17) is 4.74 Å². The molecule has 0 N–H and O–H groups in total. The highest BCUT2D eigenvalue weighted by Crippen LogP contribution is 2.55. The number of thioether (sulfide) groups is 1. The standard InChI is InChI=1S/C25H20F3N3O5S3/c26-25(27,28)13-4-1-2-5-14(13)31-21(33)18-17(15-6-3-11-37-15)20-23(38-19(18)22(31)34)30(24(35)39-20)12-16(32)29-7-9-36-10-8-29/h1-6,11,17-19H,7-10,12H2/t17-,18?,19?/m1/s1. The van der Waals surface area contributed by atoms with Gasteiger partial charge in [-0.3, -0.25) is 23.7 Å². The monoisotopic (exact) mass is 595 g/mol. The zero-order valence-electron chi connectivity index (χ0n) is 20.1. The van der Waals surface area contributed by atoms with E-state index in [0.717, 1.165) is 35.2 Å². The summed E-state index contributed by atoms with van der Waals surface area (Å²) in [4.78, 5) is 56.7. The average Bonchev–Trinajstić information content (AvgIpc) is 3.61. The molecule has 5 heterocycles. The van der Waals surface area contributed by atoms with Gasteiger partial charge in [-0.05, 0) is 23.6 Å². The maximum Gasteiger partial charge on any atom is 0.418 e. The van der Waals surface area contributed by atoms with E-state index in [1.54, 1.807) is 22.4 Å². The quantitative estimate of drug-likeness (QED) is 0.428. The molecule has 2 fully saturated rings. The number of aromatic nitrogens is 1. The van der Waals surface area contributed by atoms with Crippen LogP contribution in [0.25, 0.3) is 0 Å². The number of imide groups is 1. The van der Waals surface area contributed by atoms with Gasteiger partial charge in [0, 0.05) is 28.8 Å².